The highest BCUT2D eigenvalue weighted by Gasteiger charge is 2.27. The average Bonchev–Trinajstić information content (AvgIpc) is 3.22. The van der Waals surface area contributed by atoms with Crippen molar-refractivity contribution in [3.05, 3.63) is 82.9 Å². The normalized spacial score (nSPS) is 23.5. The van der Waals surface area contributed by atoms with Gasteiger partial charge in [0, 0.05) is 37.0 Å². The van der Waals surface area contributed by atoms with Gasteiger partial charge in [-0.25, -0.2) is 4.52 Å². The lowest BCUT2D eigenvalue weighted by atomic mass is 10.0. The minimum atomic E-state index is -0.0678. The summed E-state index contributed by atoms with van der Waals surface area (Å²) in [6.45, 7) is 8.00. The fourth-order valence-corrected chi connectivity index (χ4v) is 5.02. The number of likely N-dealkylation sites (tertiary alicyclic amines) is 1. The van der Waals surface area contributed by atoms with Crippen LogP contribution in [0, 0.1) is 13.8 Å². The van der Waals surface area contributed by atoms with E-state index in [0.717, 1.165) is 71.1 Å². The molecule has 1 amide bonds. The number of aromatic nitrogens is 3. The second kappa shape index (κ2) is 8.72. The molecule has 7 nitrogen and oxygen atoms in total. The van der Waals surface area contributed by atoms with E-state index < -0.39 is 0 Å². The van der Waals surface area contributed by atoms with Gasteiger partial charge in [-0.15, -0.1) is 0 Å². The summed E-state index contributed by atoms with van der Waals surface area (Å²) in [6.07, 6.45) is 16.0. The van der Waals surface area contributed by atoms with Gasteiger partial charge in [-0.05, 0) is 71.5 Å². The molecule has 3 aliphatic rings. The van der Waals surface area contributed by atoms with Gasteiger partial charge in [-0.1, -0.05) is 12.2 Å². The molecule has 0 aliphatic carbocycles. The molecule has 0 radical (unpaired) electrons. The fraction of sp³-hybridized carbons (Fsp3) is 0.370. The molecule has 0 atom stereocenters. The molecule has 5 rings (SSSR count). The summed E-state index contributed by atoms with van der Waals surface area (Å²) in [5.41, 5.74) is 7.43. The number of aryl methyl sites for hydroxylation is 2. The number of amides is 1. The van der Waals surface area contributed by atoms with Crippen LogP contribution in [0.3, 0.4) is 0 Å². The first-order chi connectivity index (χ1) is 16.3. The lowest BCUT2D eigenvalue weighted by Crippen LogP contribution is -2.42. The van der Waals surface area contributed by atoms with Crippen molar-refractivity contribution < 1.29 is 4.79 Å². The Morgan fingerprint density at radius 3 is 2.59 bits per heavy atom. The van der Waals surface area contributed by atoms with Gasteiger partial charge in [0.25, 0.3) is 5.91 Å². The molecule has 3 aliphatic heterocycles. The van der Waals surface area contributed by atoms with Crippen LogP contribution in [0.5, 0.6) is 0 Å². The molecular formula is C27H32N6O. The molecule has 176 valence electrons. The van der Waals surface area contributed by atoms with Crippen LogP contribution >= 0.6 is 0 Å². The number of rotatable bonds is 3. The first-order valence-electron chi connectivity index (χ1n) is 11.9. The minimum Gasteiger partial charge on any atom is -0.370 e. The molecule has 2 aromatic rings. The van der Waals surface area contributed by atoms with Gasteiger partial charge >= 0.3 is 0 Å². The Hall–Kier alpha value is -3.45. The second-order valence-electron chi connectivity index (χ2n) is 9.61. The van der Waals surface area contributed by atoms with Crippen molar-refractivity contribution >= 4 is 17.0 Å². The quantitative estimate of drug-likeness (QED) is 0.703. The van der Waals surface area contributed by atoms with Crippen molar-refractivity contribution in [2.45, 2.75) is 39.7 Å². The fourth-order valence-electron chi connectivity index (χ4n) is 5.02. The van der Waals surface area contributed by atoms with Crippen LogP contribution in [-0.2, 0) is 4.79 Å². The Balaban J connectivity index is 1.46. The third kappa shape index (κ3) is 4.12. The van der Waals surface area contributed by atoms with E-state index in [0.29, 0.717) is 6.04 Å². The van der Waals surface area contributed by atoms with E-state index in [1.54, 1.807) is 11.0 Å². The van der Waals surface area contributed by atoms with Crippen molar-refractivity contribution in [1.82, 2.24) is 29.3 Å². The Labute approximate surface area is 201 Å². The maximum absolute atomic E-state index is 13.5. The highest BCUT2D eigenvalue weighted by Crippen LogP contribution is 2.30. The topological polar surface area (TPSA) is 57.0 Å². The largest absolute Gasteiger partial charge is 0.370 e. The number of nitrogens with zero attached hydrogens (tertiary/aromatic N) is 6. The summed E-state index contributed by atoms with van der Waals surface area (Å²) in [5, 5.41) is 4.72. The number of hydrogen-bond acceptors (Lipinski definition) is 5. The number of carbonyl (C=O) groups is 1. The van der Waals surface area contributed by atoms with Gasteiger partial charge in [0.1, 0.15) is 0 Å². The molecule has 0 unspecified atom stereocenters. The minimum absolute atomic E-state index is 0.0678. The van der Waals surface area contributed by atoms with Gasteiger partial charge in [-0.2, -0.15) is 5.10 Å². The third-order valence-corrected chi connectivity index (χ3v) is 6.95. The smallest absolute Gasteiger partial charge is 0.255 e. The first kappa shape index (κ1) is 22.3. The first-order valence-corrected chi connectivity index (χ1v) is 11.9. The Morgan fingerprint density at radius 2 is 1.85 bits per heavy atom. The molecule has 1 fully saturated rings. The predicted octanol–water partition coefficient (Wildman–Crippen LogP) is 3.84. The van der Waals surface area contributed by atoms with Crippen LogP contribution in [0.15, 0.2) is 65.8 Å². The van der Waals surface area contributed by atoms with Crippen LogP contribution in [0.1, 0.15) is 36.8 Å². The van der Waals surface area contributed by atoms with E-state index in [2.05, 4.69) is 41.9 Å². The number of hydrogen-bond donors (Lipinski definition) is 0. The predicted molar refractivity (Wildman–Crippen MR) is 135 cm³/mol. The maximum Gasteiger partial charge on any atom is 0.255 e. The van der Waals surface area contributed by atoms with Crippen LogP contribution in [0.25, 0.3) is 11.1 Å². The van der Waals surface area contributed by atoms with Crippen LogP contribution in [0.4, 0.5) is 0 Å². The summed E-state index contributed by atoms with van der Waals surface area (Å²) >= 11 is 0. The third-order valence-electron chi connectivity index (χ3n) is 6.95. The van der Waals surface area contributed by atoms with Gasteiger partial charge in [0.15, 0.2) is 0 Å². The van der Waals surface area contributed by atoms with Gasteiger partial charge in [0.05, 0.1) is 40.2 Å². The van der Waals surface area contributed by atoms with E-state index >= 15 is 0 Å². The van der Waals surface area contributed by atoms with Gasteiger partial charge < -0.3 is 9.80 Å². The van der Waals surface area contributed by atoms with E-state index in [-0.39, 0.29) is 5.91 Å². The number of allylic oxidation sites excluding steroid dienone is 6. The van der Waals surface area contributed by atoms with Gasteiger partial charge in [0.2, 0.25) is 0 Å². The Kier molecular flexibility index (Phi) is 5.73. The van der Waals surface area contributed by atoms with E-state index in [1.807, 2.05) is 55.1 Å². The van der Waals surface area contributed by atoms with E-state index in [1.165, 1.54) is 0 Å². The van der Waals surface area contributed by atoms with E-state index in [4.69, 9.17) is 5.10 Å². The summed E-state index contributed by atoms with van der Waals surface area (Å²) in [7, 11) is 4.30. The highest BCUT2D eigenvalue weighted by molar-refractivity contribution is 5.99. The van der Waals surface area contributed by atoms with Crippen molar-refractivity contribution in [1.29, 1.82) is 0 Å². The summed E-state index contributed by atoms with van der Waals surface area (Å²) in [6, 6.07) is 2.61. The van der Waals surface area contributed by atoms with Crippen molar-refractivity contribution in [2.75, 3.05) is 27.2 Å². The molecule has 0 spiro atoms. The zero-order valence-electron chi connectivity index (χ0n) is 20.6. The molecule has 5 heterocycles. The van der Waals surface area contributed by atoms with Crippen LogP contribution < -0.4 is 0 Å². The SMILES string of the molecule is CC1=CC(N2CCC(N(C)C)CC2)=CN2C(=O)\C=C(c3cc4c(C)nc(C)cn4n3)/C=C/C=C\12. The highest BCUT2D eigenvalue weighted by atomic mass is 16.2. The zero-order chi connectivity index (χ0) is 24.0. The van der Waals surface area contributed by atoms with Crippen LogP contribution in [0.2, 0.25) is 0 Å². The zero-order valence-corrected chi connectivity index (χ0v) is 20.6. The summed E-state index contributed by atoms with van der Waals surface area (Å²) in [5.74, 6) is -0.0678. The number of carbonyl (C=O) groups excluding carboxylic acids is 1. The van der Waals surface area contributed by atoms with Crippen molar-refractivity contribution in [2.24, 2.45) is 0 Å². The molecule has 0 aromatic carbocycles. The Morgan fingerprint density at radius 1 is 1.09 bits per heavy atom. The number of fused-ring (bicyclic) bond motifs is 2. The molecule has 1 saturated heterocycles. The molecule has 0 saturated carbocycles. The van der Waals surface area contributed by atoms with Gasteiger partial charge in [-0.3, -0.25) is 14.7 Å². The molecule has 0 bridgehead atoms. The van der Waals surface area contributed by atoms with E-state index in [9.17, 15) is 4.79 Å². The lowest BCUT2D eigenvalue weighted by molar-refractivity contribution is -0.122. The Bertz CT molecular complexity index is 1300. The molecule has 34 heavy (non-hydrogen) atoms. The van der Waals surface area contributed by atoms with Crippen LogP contribution in [-0.4, -0.2) is 68.4 Å². The second-order valence-corrected chi connectivity index (χ2v) is 9.61. The molecule has 7 heteroatoms. The summed E-state index contributed by atoms with van der Waals surface area (Å²) < 4.78 is 1.84. The van der Waals surface area contributed by atoms with Crippen molar-refractivity contribution in [3.8, 4) is 0 Å². The lowest BCUT2D eigenvalue weighted by Gasteiger charge is -2.39. The average molecular weight is 457 g/mol. The molecular weight excluding hydrogens is 424 g/mol. The molecule has 2 aromatic heterocycles. The standard InChI is InChI=1S/C27H32N6O/c1-18-13-23(31-11-9-22(10-12-31)30(4)5)17-32-25(18)8-6-7-21(14-27(32)34)24-15-26-20(3)28-19(2)16-33(26)29-24/h6-8,13-17,22H,9-12H2,1-5H3/b7-6+,21-14+,25-8+. The summed E-state index contributed by atoms with van der Waals surface area (Å²) in [4.78, 5) is 24.5. The number of piperidine rings is 1. The molecule has 0 N–H and O–H groups in total. The monoisotopic (exact) mass is 456 g/mol. The van der Waals surface area contributed by atoms with Crippen molar-refractivity contribution in [3.63, 3.8) is 0 Å². The maximum atomic E-state index is 13.5.